The molecule has 2 rings (SSSR count). The lowest BCUT2D eigenvalue weighted by Gasteiger charge is -2.25. The number of hydrogen-bond donors (Lipinski definition) is 1. The van der Waals surface area contributed by atoms with Crippen molar-refractivity contribution in [2.24, 2.45) is 5.73 Å². The minimum Gasteiger partial charge on any atom is -0.497 e. The largest absolute Gasteiger partial charge is 0.497 e. The summed E-state index contributed by atoms with van der Waals surface area (Å²) in [5, 5.41) is 0. The molecule has 1 aliphatic rings. The highest BCUT2D eigenvalue weighted by molar-refractivity contribution is 5.28. The van der Waals surface area contributed by atoms with Crippen molar-refractivity contribution in [3.05, 3.63) is 29.8 Å². The van der Waals surface area contributed by atoms with Crippen LogP contribution in [0.3, 0.4) is 0 Å². The van der Waals surface area contributed by atoms with E-state index in [9.17, 15) is 0 Å². The van der Waals surface area contributed by atoms with Crippen LogP contribution in [0.5, 0.6) is 5.75 Å². The molecule has 0 aliphatic carbocycles. The van der Waals surface area contributed by atoms with Gasteiger partial charge in [-0.05, 0) is 49.8 Å². The maximum absolute atomic E-state index is 6.21. The van der Waals surface area contributed by atoms with Gasteiger partial charge in [-0.2, -0.15) is 0 Å². The zero-order chi connectivity index (χ0) is 12.8. The van der Waals surface area contributed by atoms with Gasteiger partial charge in [0.05, 0.1) is 13.2 Å². The highest BCUT2D eigenvalue weighted by Gasteiger charge is 2.17. The van der Waals surface area contributed by atoms with Gasteiger partial charge in [0.1, 0.15) is 5.75 Å². The van der Waals surface area contributed by atoms with Gasteiger partial charge in [0.25, 0.3) is 0 Å². The Morgan fingerprint density at radius 3 is 3.06 bits per heavy atom. The summed E-state index contributed by atoms with van der Waals surface area (Å²) in [6.07, 6.45) is 5.83. The van der Waals surface area contributed by atoms with E-state index >= 15 is 0 Å². The fraction of sp³-hybridized carbons (Fsp3) is 0.600. The number of ether oxygens (including phenoxy) is 2. The summed E-state index contributed by atoms with van der Waals surface area (Å²) in [5.41, 5.74) is 7.44. The first kappa shape index (κ1) is 13.4. The Kier molecular flexibility index (Phi) is 5.02. The van der Waals surface area contributed by atoms with E-state index in [0.29, 0.717) is 6.10 Å². The summed E-state index contributed by atoms with van der Waals surface area (Å²) in [5.74, 6) is 0.897. The summed E-state index contributed by atoms with van der Waals surface area (Å²) in [6, 6.07) is 8.29. The van der Waals surface area contributed by atoms with Crippen molar-refractivity contribution in [3.8, 4) is 5.75 Å². The molecular weight excluding hydrogens is 226 g/mol. The number of benzene rings is 1. The first-order valence-corrected chi connectivity index (χ1v) is 6.78. The monoisotopic (exact) mass is 249 g/mol. The van der Waals surface area contributed by atoms with Crippen molar-refractivity contribution >= 4 is 0 Å². The Morgan fingerprint density at radius 1 is 1.44 bits per heavy atom. The van der Waals surface area contributed by atoms with Crippen molar-refractivity contribution in [3.63, 3.8) is 0 Å². The molecule has 0 amide bonds. The Labute approximate surface area is 109 Å². The molecule has 3 heteroatoms. The first-order valence-electron chi connectivity index (χ1n) is 6.78. The average Bonchev–Trinajstić information content (AvgIpc) is 2.40. The van der Waals surface area contributed by atoms with Gasteiger partial charge in [0.15, 0.2) is 0 Å². The van der Waals surface area contributed by atoms with Gasteiger partial charge >= 0.3 is 0 Å². The standard InChI is InChI=1S/C15H23NO2/c1-17-14-7-4-5-12(10-14)9-13(16)11-15-6-2-3-8-18-15/h4-5,7,10,13,15H,2-3,6,8-9,11,16H2,1H3. The van der Waals surface area contributed by atoms with Crippen molar-refractivity contribution in [2.75, 3.05) is 13.7 Å². The third-order valence-electron chi connectivity index (χ3n) is 3.47. The van der Waals surface area contributed by atoms with E-state index in [1.54, 1.807) is 7.11 Å². The molecule has 1 fully saturated rings. The molecule has 2 N–H and O–H groups in total. The van der Waals surface area contributed by atoms with Crippen molar-refractivity contribution in [2.45, 2.75) is 44.2 Å². The molecule has 0 bridgehead atoms. The van der Waals surface area contributed by atoms with Crippen LogP contribution >= 0.6 is 0 Å². The maximum Gasteiger partial charge on any atom is 0.119 e. The second-order valence-electron chi connectivity index (χ2n) is 5.04. The molecule has 100 valence electrons. The van der Waals surface area contributed by atoms with Crippen LogP contribution in [-0.4, -0.2) is 25.9 Å². The second kappa shape index (κ2) is 6.76. The molecule has 0 spiro atoms. The van der Waals surface area contributed by atoms with Crippen LogP contribution in [0.1, 0.15) is 31.2 Å². The molecule has 0 aromatic heterocycles. The molecular formula is C15H23NO2. The van der Waals surface area contributed by atoms with E-state index in [2.05, 4.69) is 12.1 Å². The van der Waals surface area contributed by atoms with Gasteiger partial charge in [0, 0.05) is 12.6 Å². The number of rotatable bonds is 5. The third kappa shape index (κ3) is 4.00. The molecule has 1 aliphatic heterocycles. The van der Waals surface area contributed by atoms with Crippen LogP contribution in [0.25, 0.3) is 0 Å². The normalized spacial score (nSPS) is 21.6. The second-order valence-corrected chi connectivity index (χ2v) is 5.04. The predicted molar refractivity (Wildman–Crippen MR) is 72.9 cm³/mol. The average molecular weight is 249 g/mol. The van der Waals surface area contributed by atoms with Crippen LogP contribution < -0.4 is 10.5 Å². The Hall–Kier alpha value is -1.06. The summed E-state index contributed by atoms with van der Waals surface area (Å²) < 4.78 is 10.9. The van der Waals surface area contributed by atoms with E-state index < -0.39 is 0 Å². The number of nitrogens with two attached hydrogens (primary N) is 1. The molecule has 1 aromatic carbocycles. The van der Waals surface area contributed by atoms with E-state index in [-0.39, 0.29) is 6.04 Å². The van der Waals surface area contributed by atoms with Crippen LogP contribution in [0.15, 0.2) is 24.3 Å². The summed E-state index contributed by atoms with van der Waals surface area (Å²) in [7, 11) is 1.69. The van der Waals surface area contributed by atoms with Crippen molar-refractivity contribution in [1.29, 1.82) is 0 Å². The Bertz CT molecular complexity index is 361. The molecule has 1 heterocycles. The van der Waals surface area contributed by atoms with E-state index in [4.69, 9.17) is 15.2 Å². The van der Waals surface area contributed by atoms with Gasteiger partial charge < -0.3 is 15.2 Å². The van der Waals surface area contributed by atoms with E-state index in [0.717, 1.165) is 31.6 Å². The van der Waals surface area contributed by atoms with Crippen LogP contribution in [0.2, 0.25) is 0 Å². The molecule has 2 atom stereocenters. The Morgan fingerprint density at radius 2 is 2.33 bits per heavy atom. The molecule has 1 aromatic rings. The highest BCUT2D eigenvalue weighted by atomic mass is 16.5. The molecule has 0 saturated carbocycles. The molecule has 3 nitrogen and oxygen atoms in total. The minimum atomic E-state index is 0.167. The van der Waals surface area contributed by atoms with Crippen molar-refractivity contribution in [1.82, 2.24) is 0 Å². The maximum atomic E-state index is 6.21. The van der Waals surface area contributed by atoms with Gasteiger partial charge in [0.2, 0.25) is 0 Å². The third-order valence-corrected chi connectivity index (χ3v) is 3.47. The lowest BCUT2D eigenvalue weighted by atomic mass is 9.97. The zero-order valence-electron chi connectivity index (χ0n) is 11.1. The summed E-state index contributed by atoms with van der Waals surface area (Å²) >= 11 is 0. The number of hydrogen-bond acceptors (Lipinski definition) is 3. The molecule has 18 heavy (non-hydrogen) atoms. The van der Waals surface area contributed by atoms with E-state index in [1.807, 2.05) is 12.1 Å². The van der Waals surface area contributed by atoms with Crippen LogP contribution in [0.4, 0.5) is 0 Å². The van der Waals surface area contributed by atoms with Gasteiger partial charge in [-0.1, -0.05) is 12.1 Å². The Balaban J connectivity index is 1.83. The van der Waals surface area contributed by atoms with Gasteiger partial charge in [-0.15, -0.1) is 0 Å². The predicted octanol–water partition coefficient (Wildman–Crippen LogP) is 2.52. The fourth-order valence-electron chi connectivity index (χ4n) is 2.52. The first-order chi connectivity index (χ1) is 8.78. The zero-order valence-corrected chi connectivity index (χ0v) is 11.1. The molecule has 1 saturated heterocycles. The highest BCUT2D eigenvalue weighted by Crippen LogP contribution is 2.19. The number of methoxy groups -OCH3 is 1. The fourth-order valence-corrected chi connectivity index (χ4v) is 2.52. The van der Waals surface area contributed by atoms with Crippen LogP contribution in [0, 0.1) is 0 Å². The quantitative estimate of drug-likeness (QED) is 0.872. The van der Waals surface area contributed by atoms with Crippen LogP contribution in [-0.2, 0) is 11.2 Å². The smallest absolute Gasteiger partial charge is 0.119 e. The van der Waals surface area contributed by atoms with Gasteiger partial charge in [-0.3, -0.25) is 0 Å². The topological polar surface area (TPSA) is 44.5 Å². The van der Waals surface area contributed by atoms with E-state index in [1.165, 1.54) is 18.4 Å². The van der Waals surface area contributed by atoms with Gasteiger partial charge in [-0.25, -0.2) is 0 Å². The summed E-state index contributed by atoms with van der Waals surface area (Å²) in [6.45, 7) is 0.899. The minimum absolute atomic E-state index is 0.167. The molecule has 0 radical (unpaired) electrons. The SMILES string of the molecule is COc1cccc(CC(N)CC2CCCCO2)c1. The lowest BCUT2D eigenvalue weighted by molar-refractivity contribution is 0.00747. The molecule has 2 unspecified atom stereocenters. The lowest BCUT2D eigenvalue weighted by Crippen LogP contribution is -2.31. The van der Waals surface area contributed by atoms with Crippen molar-refractivity contribution < 1.29 is 9.47 Å². The summed E-state index contributed by atoms with van der Waals surface area (Å²) in [4.78, 5) is 0.